The van der Waals surface area contributed by atoms with Crippen LogP contribution in [0.2, 0.25) is 0 Å². The van der Waals surface area contributed by atoms with Crippen LogP contribution in [-0.4, -0.2) is 49.7 Å². The van der Waals surface area contributed by atoms with Crippen molar-refractivity contribution in [2.75, 3.05) is 32.8 Å². The number of fused-ring (bicyclic) bond motifs is 1. The molecular formula is C16H30N2O2. The zero-order valence-electron chi connectivity index (χ0n) is 13.1. The van der Waals surface area contributed by atoms with Gasteiger partial charge in [0.25, 0.3) is 0 Å². The van der Waals surface area contributed by atoms with Crippen LogP contribution in [0.25, 0.3) is 0 Å². The molecule has 0 aromatic heterocycles. The molecule has 2 heterocycles. The summed E-state index contributed by atoms with van der Waals surface area (Å²) in [5.41, 5.74) is 0. The monoisotopic (exact) mass is 282 g/mol. The molecule has 0 bridgehead atoms. The largest absolute Gasteiger partial charge is 0.466 e. The molecule has 4 nitrogen and oxygen atoms in total. The summed E-state index contributed by atoms with van der Waals surface area (Å²) in [4.78, 5) is 13.9. The number of hydrogen-bond acceptors (Lipinski definition) is 4. The number of nitrogens with one attached hydrogen (secondary N) is 1. The van der Waals surface area contributed by atoms with Crippen molar-refractivity contribution in [3.63, 3.8) is 0 Å². The average Bonchev–Trinajstić information content (AvgIpc) is 2.98. The molecule has 0 aliphatic carbocycles. The van der Waals surface area contributed by atoms with E-state index < -0.39 is 0 Å². The van der Waals surface area contributed by atoms with E-state index in [1.165, 1.54) is 39.0 Å². The third-order valence-corrected chi connectivity index (χ3v) is 4.87. The third kappa shape index (κ3) is 3.95. The molecule has 0 saturated carbocycles. The summed E-state index contributed by atoms with van der Waals surface area (Å²) in [7, 11) is 0. The normalized spacial score (nSPS) is 29.6. The number of nitrogens with zero attached hydrogens (tertiary/aromatic N) is 1. The topological polar surface area (TPSA) is 41.6 Å². The van der Waals surface area contributed by atoms with Gasteiger partial charge in [0.1, 0.15) is 0 Å². The summed E-state index contributed by atoms with van der Waals surface area (Å²) in [5.74, 6) is 1.71. The van der Waals surface area contributed by atoms with Crippen molar-refractivity contribution in [1.29, 1.82) is 0 Å². The van der Waals surface area contributed by atoms with Gasteiger partial charge in [-0.05, 0) is 57.7 Å². The Morgan fingerprint density at radius 3 is 2.85 bits per heavy atom. The number of esters is 1. The van der Waals surface area contributed by atoms with Crippen LogP contribution >= 0.6 is 0 Å². The van der Waals surface area contributed by atoms with Gasteiger partial charge in [-0.1, -0.05) is 13.3 Å². The highest BCUT2D eigenvalue weighted by Crippen LogP contribution is 2.34. The van der Waals surface area contributed by atoms with Crippen molar-refractivity contribution in [2.45, 2.75) is 52.0 Å². The van der Waals surface area contributed by atoms with Gasteiger partial charge in [-0.25, -0.2) is 0 Å². The molecule has 1 N–H and O–H groups in total. The Bertz CT molecular complexity index is 309. The summed E-state index contributed by atoms with van der Waals surface area (Å²) in [5, 5.41) is 3.53. The molecule has 4 heteroatoms. The average molecular weight is 282 g/mol. The van der Waals surface area contributed by atoms with Crippen LogP contribution in [0, 0.1) is 11.8 Å². The number of carbonyl (C=O) groups is 1. The maximum atomic E-state index is 11.3. The second-order valence-corrected chi connectivity index (χ2v) is 6.17. The first-order valence-electron chi connectivity index (χ1n) is 8.36. The lowest BCUT2D eigenvalue weighted by molar-refractivity contribution is -0.143. The Balaban J connectivity index is 1.61. The number of carbonyl (C=O) groups excluding carboxylic acids is 1. The van der Waals surface area contributed by atoms with Crippen molar-refractivity contribution in [1.82, 2.24) is 10.2 Å². The van der Waals surface area contributed by atoms with E-state index in [4.69, 9.17) is 4.74 Å². The van der Waals surface area contributed by atoms with Crippen LogP contribution in [0.1, 0.15) is 46.0 Å². The van der Waals surface area contributed by atoms with Crippen LogP contribution < -0.4 is 5.32 Å². The zero-order chi connectivity index (χ0) is 14.4. The van der Waals surface area contributed by atoms with Gasteiger partial charge in [0.05, 0.1) is 6.61 Å². The fraction of sp³-hybridized carbons (Fsp3) is 0.938. The number of ether oxygens (including phenoxy) is 1. The van der Waals surface area contributed by atoms with Crippen molar-refractivity contribution < 1.29 is 9.53 Å². The summed E-state index contributed by atoms with van der Waals surface area (Å²) in [6, 6.07) is 0.778. The lowest BCUT2D eigenvalue weighted by Gasteiger charge is -2.26. The molecule has 116 valence electrons. The molecule has 3 atom stereocenters. The van der Waals surface area contributed by atoms with Crippen molar-refractivity contribution >= 4 is 5.97 Å². The highest BCUT2D eigenvalue weighted by Gasteiger charge is 2.42. The van der Waals surface area contributed by atoms with Gasteiger partial charge in [0, 0.05) is 19.0 Å². The first kappa shape index (κ1) is 15.8. The SMILES string of the molecule is CCOC(=O)CCCCCN1CC2CNCC2C1CC. The van der Waals surface area contributed by atoms with E-state index in [2.05, 4.69) is 17.1 Å². The fourth-order valence-corrected chi connectivity index (χ4v) is 3.92. The van der Waals surface area contributed by atoms with E-state index in [1.54, 1.807) is 0 Å². The molecule has 3 unspecified atom stereocenters. The lowest BCUT2D eigenvalue weighted by atomic mass is 9.93. The molecule has 2 rings (SSSR count). The molecule has 2 aliphatic heterocycles. The molecule has 20 heavy (non-hydrogen) atoms. The van der Waals surface area contributed by atoms with Gasteiger partial charge in [-0.2, -0.15) is 0 Å². The van der Waals surface area contributed by atoms with E-state index in [0.717, 1.165) is 30.7 Å². The Morgan fingerprint density at radius 1 is 1.25 bits per heavy atom. The summed E-state index contributed by atoms with van der Waals surface area (Å²) in [6.45, 7) is 9.58. The summed E-state index contributed by atoms with van der Waals surface area (Å²) >= 11 is 0. The van der Waals surface area contributed by atoms with E-state index in [-0.39, 0.29) is 5.97 Å². The Labute approximate surface area is 123 Å². The highest BCUT2D eigenvalue weighted by atomic mass is 16.5. The van der Waals surface area contributed by atoms with Gasteiger partial charge >= 0.3 is 5.97 Å². The lowest BCUT2D eigenvalue weighted by Crippen LogP contribution is -2.35. The third-order valence-electron chi connectivity index (χ3n) is 4.87. The van der Waals surface area contributed by atoms with E-state index in [0.29, 0.717) is 13.0 Å². The highest BCUT2D eigenvalue weighted by molar-refractivity contribution is 5.69. The second kappa shape index (κ2) is 7.99. The fourth-order valence-electron chi connectivity index (χ4n) is 3.92. The van der Waals surface area contributed by atoms with E-state index in [1.807, 2.05) is 6.92 Å². The van der Waals surface area contributed by atoms with Crippen LogP contribution in [0.15, 0.2) is 0 Å². The van der Waals surface area contributed by atoms with Crippen molar-refractivity contribution in [3.05, 3.63) is 0 Å². The van der Waals surface area contributed by atoms with Gasteiger partial charge in [-0.3, -0.25) is 9.69 Å². The van der Waals surface area contributed by atoms with Crippen LogP contribution in [0.5, 0.6) is 0 Å². The minimum Gasteiger partial charge on any atom is -0.466 e. The van der Waals surface area contributed by atoms with Crippen molar-refractivity contribution in [2.24, 2.45) is 11.8 Å². The molecule has 2 saturated heterocycles. The minimum absolute atomic E-state index is 0.0410. The summed E-state index contributed by atoms with van der Waals surface area (Å²) in [6.07, 6.45) is 5.17. The number of unbranched alkanes of at least 4 members (excludes halogenated alkanes) is 2. The predicted molar refractivity (Wildman–Crippen MR) is 80.6 cm³/mol. The van der Waals surface area contributed by atoms with Gasteiger partial charge in [0.15, 0.2) is 0 Å². The van der Waals surface area contributed by atoms with E-state index >= 15 is 0 Å². The van der Waals surface area contributed by atoms with Crippen LogP contribution in [0.4, 0.5) is 0 Å². The van der Waals surface area contributed by atoms with Crippen LogP contribution in [-0.2, 0) is 9.53 Å². The molecule has 0 aromatic carbocycles. The molecular weight excluding hydrogens is 252 g/mol. The maximum Gasteiger partial charge on any atom is 0.305 e. The van der Waals surface area contributed by atoms with Gasteiger partial charge in [-0.15, -0.1) is 0 Å². The molecule has 0 amide bonds. The molecule has 2 fully saturated rings. The van der Waals surface area contributed by atoms with E-state index in [9.17, 15) is 4.79 Å². The second-order valence-electron chi connectivity index (χ2n) is 6.17. The number of hydrogen-bond donors (Lipinski definition) is 1. The Kier molecular flexibility index (Phi) is 6.30. The maximum absolute atomic E-state index is 11.3. The summed E-state index contributed by atoms with van der Waals surface area (Å²) < 4.78 is 4.95. The van der Waals surface area contributed by atoms with Crippen LogP contribution in [0.3, 0.4) is 0 Å². The van der Waals surface area contributed by atoms with Gasteiger partial charge < -0.3 is 10.1 Å². The molecule has 0 spiro atoms. The first-order chi connectivity index (χ1) is 9.76. The van der Waals surface area contributed by atoms with Gasteiger partial charge in [0.2, 0.25) is 0 Å². The predicted octanol–water partition coefficient (Wildman–Crippen LogP) is 2.04. The first-order valence-corrected chi connectivity index (χ1v) is 8.36. The standard InChI is InChI=1S/C16H30N2O2/c1-3-15-14-11-17-10-13(14)12-18(15)9-7-5-6-8-16(19)20-4-2/h13-15,17H,3-12H2,1-2H3. The van der Waals surface area contributed by atoms with Crippen molar-refractivity contribution in [3.8, 4) is 0 Å². The zero-order valence-corrected chi connectivity index (χ0v) is 13.1. The Hall–Kier alpha value is -0.610. The quantitative estimate of drug-likeness (QED) is 0.546. The Morgan fingerprint density at radius 2 is 2.10 bits per heavy atom. The number of rotatable bonds is 8. The molecule has 0 radical (unpaired) electrons. The molecule has 2 aliphatic rings. The molecule has 0 aromatic rings. The smallest absolute Gasteiger partial charge is 0.305 e. The number of likely N-dealkylation sites (tertiary alicyclic amines) is 1. The minimum atomic E-state index is -0.0410.